The van der Waals surface area contributed by atoms with E-state index in [4.69, 9.17) is 23.2 Å². The third-order valence-corrected chi connectivity index (χ3v) is 5.08. The highest BCUT2D eigenvalue weighted by molar-refractivity contribution is 6.53. The van der Waals surface area contributed by atoms with Crippen LogP contribution in [-0.2, 0) is 11.3 Å². The molecule has 0 saturated carbocycles. The molecule has 0 aliphatic heterocycles. The van der Waals surface area contributed by atoms with Crippen molar-refractivity contribution in [3.05, 3.63) is 53.9 Å². The predicted octanol–water partition coefficient (Wildman–Crippen LogP) is 4.18. The zero-order valence-corrected chi connectivity index (χ0v) is 18.6. The van der Waals surface area contributed by atoms with Crippen molar-refractivity contribution >= 4 is 29.1 Å². The number of hydrogen-bond acceptors (Lipinski definition) is 4. The van der Waals surface area contributed by atoms with Crippen molar-refractivity contribution in [2.24, 2.45) is 5.92 Å². The van der Waals surface area contributed by atoms with Gasteiger partial charge in [0.25, 0.3) is 5.91 Å². The molecule has 0 spiro atoms. The molecular weight excluding hydrogens is 428 g/mol. The van der Waals surface area contributed by atoms with Gasteiger partial charge in [-0.05, 0) is 36.1 Å². The molecule has 1 aromatic heterocycles. The number of carbonyl (C=O) groups excluding carboxylic acids is 1. The quantitative estimate of drug-likeness (QED) is 0.351. The lowest BCUT2D eigenvalue weighted by Gasteiger charge is -2.22. The van der Waals surface area contributed by atoms with Gasteiger partial charge in [-0.15, -0.1) is 0 Å². The van der Waals surface area contributed by atoms with Gasteiger partial charge in [0.2, 0.25) is 0 Å². The molecule has 1 amide bonds. The van der Waals surface area contributed by atoms with Crippen LogP contribution in [0.15, 0.2) is 42.6 Å². The molecule has 5 nitrogen and oxygen atoms in total. The highest BCUT2D eigenvalue weighted by Crippen LogP contribution is 2.24. The van der Waals surface area contributed by atoms with Crippen LogP contribution in [0.1, 0.15) is 37.6 Å². The molecule has 0 saturated heterocycles. The first-order valence-electron chi connectivity index (χ1n) is 9.90. The summed E-state index contributed by atoms with van der Waals surface area (Å²) in [5, 5.41) is 16.1. The van der Waals surface area contributed by atoms with E-state index in [0.29, 0.717) is 11.5 Å². The summed E-state index contributed by atoms with van der Waals surface area (Å²) in [5.41, 5.74) is 3.29. The van der Waals surface area contributed by atoms with E-state index in [0.717, 1.165) is 36.3 Å². The Balaban J connectivity index is 1.98. The third kappa shape index (κ3) is 7.51. The van der Waals surface area contributed by atoms with Crippen LogP contribution in [0, 0.1) is 5.92 Å². The molecule has 0 bridgehead atoms. The maximum Gasteiger partial charge on any atom is 0.253 e. The zero-order valence-electron chi connectivity index (χ0n) is 17.1. The van der Waals surface area contributed by atoms with Gasteiger partial charge in [-0.1, -0.05) is 67.4 Å². The number of pyridine rings is 1. The lowest BCUT2D eigenvalue weighted by Crippen LogP contribution is -2.43. The molecule has 0 unspecified atom stereocenters. The molecule has 1 heterocycles. The maximum absolute atomic E-state index is 13.3. The number of aliphatic hydroxyl groups excluding tert-OH is 1. The maximum atomic E-state index is 13.3. The Labute approximate surface area is 187 Å². The molecule has 30 heavy (non-hydrogen) atoms. The van der Waals surface area contributed by atoms with E-state index in [1.807, 2.05) is 24.3 Å². The molecule has 2 rings (SSSR count). The van der Waals surface area contributed by atoms with Crippen LogP contribution >= 0.6 is 23.2 Å². The fraction of sp³-hybridized carbons (Fsp3) is 0.455. The van der Waals surface area contributed by atoms with Gasteiger partial charge < -0.3 is 15.7 Å². The lowest BCUT2D eigenvalue weighted by atomic mass is 9.99. The van der Waals surface area contributed by atoms with Crippen LogP contribution in [0.25, 0.3) is 11.1 Å². The normalized spacial score (nSPS) is 13.5. The molecule has 0 aliphatic carbocycles. The van der Waals surface area contributed by atoms with Crippen molar-refractivity contribution < 1.29 is 14.3 Å². The topological polar surface area (TPSA) is 74.2 Å². The number of alkyl halides is 3. The standard InChI is InChI=1S/C22H28Cl2FN3O2/c1-14(2)9-10-26-13-18-8-7-17(12-27-18)15-3-5-16(6-4-15)20(29)19(11-25)28-22(30)21(23)24/h3-8,12,14,19-21,26,29H,9-11,13H2,1-2H3,(H,28,30)/t19-,20-/m1/s1. The first kappa shape index (κ1) is 24.5. The minimum Gasteiger partial charge on any atom is -0.386 e. The molecule has 1 aromatic carbocycles. The SMILES string of the molecule is CC(C)CCNCc1ccc(-c2ccc([C@@H](O)[C@@H](CF)NC(=O)C(Cl)Cl)cc2)cn1. The van der Waals surface area contributed by atoms with Gasteiger partial charge >= 0.3 is 0 Å². The van der Waals surface area contributed by atoms with E-state index in [1.165, 1.54) is 0 Å². The zero-order chi connectivity index (χ0) is 22.1. The van der Waals surface area contributed by atoms with Crippen molar-refractivity contribution in [2.45, 2.75) is 43.8 Å². The fourth-order valence-electron chi connectivity index (χ4n) is 2.86. The average molecular weight is 456 g/mol. The summed E-state index contributed by atoms with van der Waals surface area (Å²) in [5.74, 6) is -0.0788. The van der Waals surface area contributed by atoms with Gasteiger partial charge in [-0.3, -0.25) is 9.78 Å². The Hall–Kier alpha value is -1.73. The first-order valence-corrected chi connectivity index (χ1v) is 10.8. The number of aromatic nitrogens is 1. The summed E-state index contributed by atoms with van der Waals surface area (Å²) in [6, 6.07) is 9.85. The Morgan fingerprint density at radius 2 is 1.80 bits per heavy atom. The number of nitrogens with zero attached hydrogens (tertiary/aromatic N) is 1. The Kier molecular flexibility index (Phi) is 9.98. The number of hydrogen-bond donors (Lipinski definition) is 3. The van der Waals surface area contributed by atoms with Crippen LogP contribution in [0.3, 0.4) is 0 Å². The number of carbonyl (C=O) groups is 1. The van der Waals surface area contributed by atoms with Crippen molar-refractivity contribution in [1.82, 2.24) is 15.6 Å². The van der Waals surface area contributed by atoms with Gasteiger partial charge in [0.1, 0.15) is 12.8 Å². The molecule has 0 aliphatic rings. The number of halogens is 3. The third-order valence-electron chi connectivity index (χ3n) is 4.69. The highest BCUT2D eigenvalue weighted by Gasteiger charge is 2.25. The predicted molar refractivity (Wildman–Crippen MR) is 119 cm³/mol. The van der Waals surface area contributed by atoms with E-state index < -0.39 is 29.6 Å². The molecule has 3 N–H and O–H groups in total. The summed E-state index contributed by atoms with van der Waals surface area (Å²) < 4.78 is 13.3. The van der Waals surface area contributed by atoms with Crippen molar-refractivity contribution in [2.75, 3.05) is 13.2 Å². The Morgan fingerprint density at radius 3 is 2.33 bits per heavy atom. The lowest BCUT2D eigenvalue weighted by molar-refractivity contribution is -0.121. The summed E-state index contributed by atoms with van der Waals surface area (Å²) in [6.45, 7) is 5.12. The molecular formula is C22H28Cl2FN3O2. The second-order valence-electron chi connectivity index (χ2n) is 7.53. The highest BCUT2D eigenvalue weighted by atomic mass is 35.5. The molecule has 164 valence electrons. The van der Waals surface area contributed by atoms with Gasteiger partial charge in [-0.2, -0.15) is 0 Å². The summed E-state index contributed by atoms with van der Waals surface area (Å²) in [7, 11) is 0. The minimum atomic E-state index is -1.32. The van der Waals surface area contributed by atoms with Gasteiger partial charge in [0, 0.05) is 18.3 Å². The first-order chi connectivity index (χ1) is 14.3. The monoisotopic (exact) mass is 455 g/mol. The Bertz CT molecular complexity index is 786. The van der Waals surface area contributed by atoms with Crippen LogP contribution in [-0.4, -0.2) is 40.1 Å². The summed E-state index contributed by atoms with van der Waals surface area (Å²) in [6.07, 6.45) is 1.70. The second-order valence-corrected chi connectivity index (χ2v) is 8.63. The van der Waals surface area contributed by atoms with Gasteiger partial charge in [0.05, 0.1) is 11.7 Å². The van der Waals surface area contributed by atoms with Crippen LogP contribution in [0.4, 0.5) is 4.39 Å². The van der Waals surface area contributed by atoms with Crippen molar-refractivity contribution in [3.8, 4) is 11.1 Å². The van der Waals surface area contributed by atoms with E-state index in [-0.39, 0.29) is 0 Å². The van der Waals surface area contributed by atoms with Crippen LogP contribution < -0.4 is 10.6 Å². The smallest absolute Gasteiger partial charge is 0.253 e. The minimum absolute atomic E-state index is 0.473. The van der Waals surface area contributed by atoms with Crippen molar-refractivity contribution in [1.29, 1.82) is 0 Å². The summed E-state index contributed by atoms with van der Waals surface area (Å²) in [4.78, 5) is 14.7. The van der Waals surface area contributed by atoms with E-state index in [9.17, 15) is 14.3 Å². The molecule has 2 aromatic rings. The number of aliphatic hydroxyl groups is 1. The van der Waals surface area contributed by atoms with E-state index in [2.05, 4.69) is 29.5 Å². The Morgan fingerprint density at radius 1 is 1.13 bits per heavy atom. The van der Waals surface area contributed by atoms with Gasteiger partial charge in [0.15, 0.2) is 4.84 Å². The molecule has 0 fully saturated rings. The second kappa shape index (κ2) is 12.2. The van der Waals surface area contributed by atoms with Crippen LogP contribution in [0.5, 0.6) is 0 Å². The number of amides is 1. The average Bonchev–Trinajstić information content (AvgIpc) is 2.74. The van der Waals surface area contributed by atoms with E-state index >= 15 is 0 Å². The number of benzene rings is 1. The summed E-state index contributed by atoms with van der Waals surface area (Å²) >= 11 is 10.9. The van der Waals surface area contributed by atoms with Crippen molar-refractivity contribution in [3.63, 3.8) is 0 Å². The van der Waals surface area contributed by atoms with Crippen LogP contribution in [0.2, 0.25) is 0 Å². The number of rotatable bonds is 11. The molecule has 2 atom stereocenters. The number of nitrogens with one attached hydrogen (secondary N) is 2. The largest absolute Gasteiger partial charge is 0.386 e. The molecule has 8 heteroatoms. The van der Waals surface area contributed by atoms with Gasteiger partial charge in [-0.25, -0.2) is 4.39 Å². The fourth-order valence-corrected chi connectivity index (χ4v) is 2.99. The van der Waals surface area contributed by atoms with E-state index in [1.54, 1.807) is 18.3 Å². The molecule has 0 radical (unpaired) electrons.